The van der Waals surface area contributed by atoms with Gasteiger partial charge in [0.15, 0.2) is 0 Å². The average molecular weight is 304 g/mol. The van der Waals surface area contributed by atoms with Crippen LogP contribution in [0.2, 0.25) is 0 Å². The number of aliphatic hydroxyl groups is 1. The van der Waals surface area contributed by atoms with Crippen molar-refractivity contribution in [1.82, 2.24) is 0 Å². The molecule has 0 heterocycles. The Kier molecular flexibility index (Phi) is 3.16. The molecular formula is C20H32O2. The molecule has 4 fully saturated rings. The van der Waals surface area contributed by atoms with E-state index in [1.807, 2.05) is 6.92 Å². The van der Waals surface area contributed by atoms with Crippen LogP contribution in [0, 0.1) is 34.5 Å². The van der Waals surface area contributed by atoms with Gasteiger partial charge in [-0.2, -0.15) is 0 Å². The van der Waals surface area contributed by atoms with Gasteiger partial charge >= 0.3 is 0 Å². The van der Waals surface area contributed by atoms with E-state index in [4.69, 9.17) is 0 Å². The minimum atomic E-state index is -0.441. The number of fused-ring (bicyclic) bond motifs is 5. The summed E-state index contributed by atoms with van der Waals surface area (Å²) in [6, 6.07) is 0. The van der Waals surface area contributed by atoms with E-state index in [-0.39, 0.29) is 5.41 Å². The SMILES string of the molecule is C[C@@]1(O)CC[C@@]2(C)C(CCC3C2CC[C@]2(C)C(=O)CCC32)C1. The molecule has 4 rings (SSSR count). The fraction of sp³-hybridized carbons (Fsp3) is 0.950. The lowest BCUT2D eigenvalue weighted by Gasteiger charge is -2.61. The minimum Gasteiger partial charge on any atom is -0.390 e. The van der Waals surface area contributed by atoms with Crippen molar-refractivity contribution in [2.45, 2.75) is 84.2 Å². The van der Waals surface area contributed by atoms with Crippen molar-refractivity contribution in [3.05, 3.63) is 0 Å². The summed E-state index contributed by atoms with van der Waals surface area (Å²) in [5.41, 5.74) is -0.0217. The van der Waals surface area contributed by atoms with E-state index in [2.05, 4.69) is 13.8 Å². The van der Waals surface area contributed by atoms with Gasteiger partial charge < -0.3 is 5.11 Å². The quantitative estimate of drug-likeness (QED) is 0.722. The van der Waals surface area contributed by atoms with Gasteiger partial charge in [-0.15, -0.1) is 0 Å². The van der Waals surface area contributed by atoms with Crippen molar-refractivity contribution in [2.24, 2.45) is 34.5 Å². The fourth-order valence-electron chi connectivity index (χ4n) is 7.20. The molecule has 4 saturated carbocycles. The highest BCUT2D eigenvalue weighted by atomic mass is 16.3. The van der Waals surface area contributed by atoms with Crippen LogP contribution in [-0.2, 0) is 4.79 Å². The summed E-state index contributed by atoms with van der Waals surface area (Å²) < 4.78 is 0. The van der Waals surface area contributed by atoms with Crippen LogP contribution in [0.5, 0.6) is 0 Å². The third-order valence-corrected chi connectivity index (χ3v) is 8.66. The maximum atomic E-state index is 12.4. The van der Waals surface area contributed by atoms with Gasteiger partial charge in [0, 0.05) is 11.8 Å². The van der Waals surface area contributed by atoms with Gasteiger partial charge in [0.05, 0.1) is 5.60 Å². The summed E-state index contributed by atoms with van der Waals surface area (Å²) in [7, 11) is 0. The minimum absolute atomic E-state index is 0.00449. The third kappa shape index (κ3) is 1.92. The number of hydrogen-bond acceptors (Lipinski definition) is 2. The second-order valence-corrected chi connectivity index (χ2v) is 9.78. The largest absolute Gasteiger partial charge is 0.390 e. The van der Waals surface area contributed by atoms with Gasteiger partial charge in [-0.1, -0.05) is 13.8 Å². The van der Waals surface area contributed by atoms with Crippen molar-refractivity contribution in [3.63, 3.8) is 0 Å². The van der Waals surface area contributed by atoms with Crippen LogP contribution in [0.15, 0.2) is 0 Å². The van der Waals surface area contributed by atoms with E-state index in [0.29, 0.717) is 23.0 Å². The van der Waals surface area contributed by atoms with Crippen LogP contribution < -0.4 is 0 Å². The summed E-state index contributed by atoms with van der Waals surface area (Å²) in [6.45, 7) is 6.82. The molecule has 0 saturated heterocycles. The average Bonchev–Trinajstić information content (AvgIpc) is 2.76. The molecule has 2 heteroatoms. The molecule has 4 aliphatic carbocycles. The molecule has 0 aromatic rings. The van der Waals surface area contributed by atoms with Gasteiger partial charge in [-0.25, -0.2) is 0 Å². The Balaban J connectivity index is 1.63. The number of rotatable bonds is 0. The number of carbonyl (C=O) groups excluding carboxylic acids is 1. The highest BCUT2D eigenvalue weighted by molar-refractivity contribution is 5.87. The zero-order valence-corrected chi connectivity index (χ0v) is 14.5. The van der Waals surface area contributed by atoms with Crippen molar-refractivity contribution in [2.75, 3.05) is 0 Å². The van der Waals surface area contributed by atoms with Gasteiger partial charge in [0.1, 0.15) is 5.78 Å². The normalized spacial score (nSPS) is 57.9. The Morgan fingerprint density at radius 3 is 2.50 bits per heavy atom. The second kappa shape index (κ2) is 4.59. The lowest BCUT2D eigenvalue weighted by Crippen LogP contribution is -2.55. The highest BCUT2D eigenvalue weighted by Crippen LogP contribution is 2.66. The van der Waals surface area contributed by atoms with Crippen LogP contribution in [0.1, 0.15) is 78.6 Å². The molecule has 0 spiro atoms. The van der Waals surface area contributed by atoms with Crippen molar-refractivity contribution < 1.29 is 9.90 Å². The molecule has 0 aromatic heterocycles. The standard InChI is InChI=1S/C20H32O2/c1-18(22)10-11-19(2)13(12-18)4-5-14-15-6-7-17(21)20(15,3)9-8-16(14)19/h13-16,22H,4-12H2,1-3H3/t13?,14?,15?,16?,18-,19+,20+/m1/s1. The van der Waals surface area contributed by atoms with Crippen molar-refractivity contribution >= 4 is 5.78 Å². The maximum absolute atomic E-state index is 12.4. The molecule has 0 aliphatic heterocycles. The van der Waals surface area contributed by atoms with Gasteiger partial charge in [0.2, 0.25) is 0 Å². The van der Waals surface area contributed by atoms with Gasteiger partial charge in [0.25, 0.3) is 0 Å². The molecule has 4 unspecified atom stereocenters. The highest BCUT2D eigenvalue weighted by Gasteiger charge is 2.60. The first-order valence-corrected chi connectivity index (χ1v) is 9.52. The molecule has 0 bridgehead atoms. The molecule has 124 valence electrons. The van der Waals surface area contributed by atoms with Gasteiger partial charge in [-0.3, -0.25) is 4.79 Å². The van der Waals surface area contributed by atoms with Crippen molar-refractivity contribution in [3.8, 4) is 0 Å². The smallest absolute Gasteiger partial charge is 0.139 e. The Hall–Kier alpha value is -0.370. The third-order valence-electron chi connectivity index (χ3n) is 8.66. The van der Waals surface area contributed by atoms with E-state index >= 15 is 0 Å². The van der Waals surface area contributed by atoms with E-state index in [0.717, 1.165) is 43.9 Å². The Bertz CT molecular complexity index is 496. The number of carbonyl (C=O) groups is 1. The lowest BCUT2D eigenvalue weighted by molar-refractivity contribution is -0.151. The van der Waals surface area contributed by atoms with E-state index in [1.165, 1.54) is 25.7 Å². The molecule has 0 radical (unpaired) electrons. The second-order valence-electron chi connectivity index (χ2n) is 9.78. The summed E-state index contributed by atoms with van der Waals surface area (Å²) in [5.74, 6) is 3.47. The van der Waals surface area contributed by atoms with E-state index < -0.39 is 5.60 Å². The lowest BCUT2D eigenvalue weighted by atomic mass is 9.44. The van der Waals surface area contributed by atoms with Gasteiger partial charge in [-0.05, 0) is 87.4 Å². The first-order valence-electron chi connectivity index (χ1n) is 9.52. The predicted octanol–water partition coefficient (Wildman–Crippen LogP) is 4.35. The number of hydrogen-bond donors (Lipinski definition) is 1. The fourth-order valence-corrected chi connectivity index (χ4v) is 7.20. The van der Waals surface area contributed by atoms with Crippen LogP contribution in [-0.4, -0.2) is 16.5 Å². The molecule has 22 heavy (non-hydrogen) atoms. The van der Waals surface area contributed by atoms with Crippen LogP contribution in [0.3, 0.4) is 0 Å². The number of ketones is 1. The Morgan fingerprint density at radius 2 is 1.73 bits per heavy atom. The first kappa shape index (κ1) is 15.2. The first-order chi connectivity index (χ1) is 10.3. The van der Waals surface area contributed by atoms with E-state index in [1.54, 1.807) is 0 Å². The van der Waals surface area contributed by atoms with Crippen LogP contribution in [0.4, 0.5) is 0 Å². The maximum Gasteiger partial charge on any atom is 0.139 e. The molecule has 4 aliphatic rings. The molecule has 0 amide bonds. The zero-order chi connectivity index (χ0) is 15.8. The Morgan fingerprint density at radius 1 is 0.955 bits per heavy atom. The molecular weight excluding hydrogens is 272 g/mol. The molecule has 0 aromatic carbocycles. The van der Waals surface area contributed by atoms with Crippen LogP contribution >= 0.6 is 0 Å². The summed E-state index contributed by atoms with van der Waals surface area (Å²) >= 11 is 0. The predicted molar refractivity (Wildman–Crippen MR) is 87.4 cm³/mol. The molecule has 2 nitrogen and oxygen atoms in total. The molecule has 1 N–H and O–H groups in total. The topological polar surface area (TPSA) is 37.3 Å². The molecule has 7 atom stereocenters. The summed E-state index contributed by atoms with van der Waals surface area (Å²) in [5, 5.41) is 10.5. The van der Waals surface area contributed by atoms with Crippen molar-refractivity contribution in [1.29, 1.82) is 0 Å². The van der Waals surface area contributed by atoms with E-state index in [9.17, 15) is 9.90 Å². The monoisotopic (exact) mass is 304 g/mol. The Labute approximate surface area is 135 Å². The summed E-state index contributed by atoms with van der Waals surface area (Å²) in [6.07, 6.45) is 10.1. The number of Topliss-reactive ketones (excluding diaryl/α,β-unsaturated/α-hetero) is 1. The summed E-state index contributed by atoms with van der Waals surface area (Å²) in [4.78, 5) is 12.4. The zero-order valence-electron chi connectivity index (χ0n) is 14.5. The van der Waals surface area contributed by atoms with Crippen LogP contribution in [0.25, 0.3) is 0 Å².